The van der Waals surface area contributed by atoms with Crippen molar-refractivity contribution in [2.75, 3.05) is 52.5 Å². The number of aryl methyl sites for hydroxylation is 1. The second kappa shape index (κ2) is 10.5. The zero-order valence-electron chi connectivity index (χ0n) is 25.0. The number of rotatable bonds is 5. The van der Waals surface area contributed by atoms with Gasteiger partial charge in [-0.2, -0.15) is 0 Å². The molecular formula is C32H39N4O4P. The van der Waals surface area contributed by atoms with Crippen molar-refractivity contribution in [3.63, 3.8) is 0 Å². The van der Waals surface area contributed by atoms with Crippen LogP contribution in [0, 0.1) is 6.92 Å². The Kier molecular flexibility index (Phi) is 7.13. The Morgan fingerprint density at radius 3 is 2.37 bits per heavy atom. The number of hydrogen-bond acceptors (Lipinski definition) is 7. The summed E-state index contributed by atoms with van der Waals surface area (Å²) in [6, 6.07) is 19.0. The maximum atomic E-state index is 7.17. The number of hydrogen-bond donors (Lipinski definition) is 0. The molecule has 0 radical (unpaired) electrons. The zero-order chi connectivity index (χ0) is 28.9. The van der Waals surface area contributed by atoms with Gasteiger partial charge >= 0.3 is 0 Å². The molecule has 0 saturated carbocycles. The van der Waals surface area contributed by atoms with Gasteiger partial charge in [-0.3, -0.25) is 0 Å². The van der Waals surface area contributed by atoms with E-state index in [0.29, 0.717) is 36.7 Å². The minimum Gasteiger partial charge on any atom is -0.493 e. The Balaban J connectivity index is 1.65. The molecule has 0 bridgehead atoms. The van der Waals surface area contributed by atoms with Crippen molar-refractivity contribution in [2.45, 2.75) is 39.2 Å². The van der Waals surface area contributed by atoms with Gasteiger partial charge in [-0.05, 0) is 61.9 Å². The largest absolute Gasteiger partial charge is 0.493 e. The molecular weight excluding hydrogens is 535 g/mol. The molecule has 1 saturated heterocycles. The number of aliphatic imine (C=N–C) groups is 1. The van der Waals surface area contributed by atoms with Crippen molar-refractivity contribution < 1.29 is 18.7 Å². The van der Waals surface area contributed by atoms with Crippen LogP contribution in [0.25, 0.3) is 0 Å². The molecule has 0 spiro atoms. The molecule has 0 aromatic heterocycles. The molecule has 0 amide bonds. The Morgan fingerprint density at radius 1 is 0.976 bits per heavy atom. The molecule has 9 heteroatoms. The lowest BCUT2D eigenvalue weighted by Gasteiger charge is -2.41. The lowest BCUT2D eigenvalue weighted by molar-refractivity contribution is 0.0716. The lowest BCUT2D eigenvalue weighted by atomic mass is 9.81. The van der Waals surface area contributed by atoms with Gasteiger partial charge in [0.05, 0.1) is 44.1 Å². The van der Waals surface area contributed by atoms with Crippen LogP contribution in [-0.4, -0.2) is 64.2 Å². The highest BCUT2D eigenvalue weighted by molar-refractivity contribution is 7.68. The minimum absolute atomic E-state index is 0.0447. The number of nitrogens with zero attached hydrogens (tertiary/aromatic N) is 4. The topological polar surface area (TPSA) is 68.1 Å². The third kappa shape index (κ3) is 4.62. The standard InChI is InChI=1S/C32H39N4O4P/c1-21-8-11-24(12-9-21)34-41(36-14-16-39-17-15-36)30-19-25-27(35(5)22(2)32(25,3)4)20-26(30)33-31(40-41)23-10-13-28(37-6)29(18-23)38-7/h8-13,18-20,22H,14-17H2,1-7H3/t22-,41-/m0/s1. The van der Waals surface area contributed by atoms with E-state index in [1.807, 2.05) is 18.2 Å². The average molecular weight is 575 g/mol. The van der Waals surface area contributed by atoms with Crippen molar-refractivity contribution in [3.8, 4) is 11.5 Å². The van der Waals surface area contributed by atoms with Crippen LogP contribution in [0.5, 0.6) is 11.5 Å². The van der Waals surface area contributed by atoms with Gasteiger partial charge in [-0.15, -0.1) is 0 Å². The fourth-order valence-electron chi connectivity index (χ4n) is 5.94. The Hall–Kier alpha value is -3.32. The molecule has 0 N–H and O–H groups in total. The third-order valence-electron chi connectivity index (χ3n) is 8.83. The van der Waals surface area contributed by atoms with Crippen molar-refractivity contribution in [1.82, 2.24) is 4.67 Å². The fraction of sp³-hybridized carbons (Fsp3) is 0.406. The first-order valence-corrected chi connectivity index (χ1v) is 15.7. The van der Waals surface area contributed by atoms with Crippen molar-refractivity contribution in [1.29, 1.82) is 0 Å². The summed E-state index contributed by atoms with van der Waals surface area (Å²) in [6.45, 7) is 11.7. The van der Waals surface area contributed by atoms with E-state index in [9.17, 15) is 0 Å². The quantitative estimate of drug-likeness (QED) is 0.322. The first-order valence-electron chi connectivity index (χ1n) is 14.1. The monoisotopic (exact) mass is 574 g/mol. The summed E-state index contributed by atoms with van der Waals surface area (Å²) < 4.78 is 32.0. The van der Waals surface area contributed by atoms with Crippen LogP contribution in [0.3, 0.4) is 0 Å². The zero-order valence-corrected chi connectivity index (χ0v) is 25.9. The second-order valence-corrected chi connectivity index (χ2v) is 14.0. The third-order valence-corrected chi connectivity index (χ3v) is 11.9. The van der Waals surface area contributed by atoms with Crippen LogP contribution in [0.2, 0.25) is 0 Å². The molecule has 0 unspecified atom stereocenters. The summed E-state index contributed by atoms with van der Waals surface area (Å²) in [4.78, 5) is 7.52. The predicted octanol–water partition coefficient (Wildman–Crippen LogP) is 6.56. The van der Waals surface area contributed by atoms with Crippen LogP contribution in [0.1, 0.15) is 37.5 Å². The smallest absolute Gasteiger partial charge is 0.242 e. The van der Waals surface area contributed by atoms with Gasteiger partial charge in [-0.1, -0.05) is 31.5 Å². The van der Waals surface area contributed by atoms with Crippen LogP contribution in [0.4, 0.5) is 17.1 Å². The summed E-state index contributed by atoms with van der Waals surface area (Å²) in [6.07, 6.45) is 0. The van der Waals surface area contributed by atoms with E-state index in [1.54, 1.807) is 14.2 Å². The molecule has 6 rings (SSSR count). The maximum Gasteiger partial charge on any atom is 0.242 e. The molecule has 3 aliphatic heterocycles. The summed E-state index contributed by atoms with van der Waals surface area (Å²) in [5.74, 6) is 1.81. The van der Waals surface area contributed by atoms with E-state index in [-0.39, 0.29) is 5.41 Å². The van der Waals surface area contributed by atoms with Crippen LogP contribution in [0.15, 0.2) is 64.3 Å². The van der Waals surface area contributed by atoms with E-state index in [1.165, 1.54) is 16.8 Å². The van der Waals surface area contributed by atoms with Gasteiger partial charge < -0.3 is 23.6 Å². The van der Waals surface area contributed by atoms with Crippen molar-refractivity contribution in [3.05, 3.63) is 71.3 Å². The van der Waals surface area contributed by atoms with E-state index in [0.717, 1.165) is 35.3 Å². The van der Waals surface area contributed by atoms with E-state index in [2.05, 4.69) is 80.7 Å². The average Bonchev–Trinajstić information content (AvgIpc) is 3.16. The highest BCUT2D eigenvalue weighted by Gasteiger charge is 2.46. The van der Waals surface area contributed by atoms with Crippen molar-refractivity contribution >= 4 is 35.7 Å². The number of likely N-dealkylation sites (N-methyl/N-ethyl adjacent to an activating group) is 1. The van der Waals surface area contributed by atoms with Crippen LogP contribution in [-0.2, 0) is 14.7 Å². The van der Waals surface area contributed by atoms with Gasteiger partial charge in [-0.25, -0.2) is 14.4 Å². The molecule has 0 aliphatic carbocycles. The maximum absolute atomic E-state index is 7.17. The van der Waals surface area contributed by atoms with E-state index in [4.69, 9.17) is 28.5 Å². The molecule has 3 aliphatic rings. The summed E-state index contributed by atoms with van der Waals surface area (Å²) >= 11 is 0. The van der Waals surface area contributed by atoms with Crippen molar-refractivity contribution in [2.24, 2.45) is 9.74 Å². The normalized spacial score (nSPS) is 23.2. The second-order valence-electron chi connectivity index (χ2n) is 11.5. The molecule has 3 aromatic rings. The van der Waals surface area contributed by atoms with Crippen LogP contribution < -0.4 is 19.7 Å². The number of anilines is 1. The Morgan fingerprint density at radius 2 is 1.68 bits per heavy atom. The molecule has 3 heterocycles. The first kappa shape index (κ1) is 27.8. The minimum atomic E-state index is -2.83. The number of ether oxygens (including phenoxy) is 3. The molecule has 1 fully saturated rings. The number of benzene rings is 3. The van der Waals surface area contributed by atoms with Gasteiger partial charge in [0.2, 0.25) is 13.3 Å². The van der Waals surface area contributed by atoms with E-state index < -0.39 is 7.43 Å². The lowest BCUT2D eigenvalue weighted by Crippen LogP contribution is -2.39. The molecule has 3 aromatic carbocycles. The van der Waals surface area contributed by atoms with Gasteiger partial charge in [0.25, 0.3) is 0 Å². The fourth-order valence-corrected chi connectivity index (χ4v) is 8.98. The molecule has 41 heavy (non-hydrogen) atoms. The summed E-state index contributed by atoms with van der Waals surface area (Å²) in [7, 11) is 2.62. The summed E-state index contributed by atoms with van der Waals surface area (Å²) in [5.41, 5.74) is 6.25. The Bertz CT molecular complexity index is 1560. The molecule has 216 valence electrons. The van der Waals surface area contributed by atoms with E-state index >= 15 is 0 Å². The highest BCUT2D eigenvalue weighted by Crippen LogP contribution is 2.61. The van der Waals surface area contributed by atoms with Gasteiger partial charge in [0.15, 0.2) is 11.5 Å². The SMILES string of the molecule is COc1ccc(C2=Nc3cc4c(cc3[P@](=Nc3ccc(C)cc3)(N3CCOCC3)O2)C(C)(C)[C@H](C)N4C)cc1OC. The van der Waals surface area contributed by atoms with Gasteiger partial charge in [0, 0.05) is 42.8 Å². The number of methoxy groups -OCH3 is 2. The predicted molar refractivity (Wildman–Crippen MR) is 166 cm³/mol. The Labute approximate surface area is 243 Å². The van der Waals surface area contributed by atoms with Gasteiger partial charge in [0.1, 0.15) is 0 Å². The van der Waals surface area contributed by atoms with Crippen LogP contribution >= 0.6 is 7.43 Å². The highest BCUT2D eigenvalue weighted by atomic mass is 31.2. The number of morpholine rings is 1. The molecule has 2 atom stereocenters. The summed E-state index contributed by atoms with van der Waals surface area (Å²) in [5, 5.41) is 1.05. The number of fused-ring (bicyclic) bond motifs is 2. The molecule has 8 nitrogen and oxygen atoms in total. The first-order chi connectivity index (χ1) is 19.7.